The third kappa shape index (κ3) is 2.41. The number of fused-ring (bicyclic) bond motifs is 2. The Labute approximate surface area is 144 Å². The van der Waals surface area contributed by atoms with Crippen molar-refractivity contribution in [3.05, 3.63) is 64.1 Å². The van der Waals surface area contributed by atoms with Crippen molar-refractivity contribution in [2.45, 2.75) is 24.8 Å². The molecule has 4 rings (SSSR count). The van der Waals surface area contributed by atoms with Crippen LogP contribution in [0.3, 0.4) is 0 Å². The van der Waals surface area contributed by atoms with E-state index >= 15 is 0 Å². The average molecular weight is 371 g/mol. The van der Waals surface area contributed by atoms with Crippen molar-refractivity contribution in [3.8, 4) is 0 Å². The van der Waals surface area contributed by atoms with E-state index in [1.54, 1.807) is 0 Å². The fraction of sp³-hybridized carbons (Fsp3) is 0.316. The molecule has 2 heterocycles. The van der Waals surface area contributed by atoms with Crippen molar-refractivity contribution in [1.82, 2.24) is 5.32 Å². The lowest BCUT2D eigenvalue weighted by Gasteiger charge is -2.24. The fourth-order valence-corrected chi connectivity index (χ4v) is 4.06. The van der Waals surface area contributed by atoms with Crippen LogP contribution in [-0.4, -0.2) is 19.0 Å². The van der Waals surface area contributed by atoms with E-state index in [9.17, 15) is 4.79 Å². The minimum Gasteiger partial charge on any atom is -0.310 e. The maximum Gasteiger partial charge on any atom is 0.251 e. The first-order valence-corrected chi connectivity index (χ1v) is 8.91. The lowest BCUT2D eigenvalue weighted by molar-refractivity contribution is -0.123. The number of rotatable bonds is 3. The summed E-state index contributed by atoms with van der Waals surface area (Å²) in [5.41, 5.74) is 3.00. The Hall–Kier alpha value is -1.65. The summed E-state index contributed by atoms with van der Waals surface area (Å²) in [6, 6.07) is 16.6. The van der Waals surface area contributed by atoms with Crippen LogP contribution in [0.15, 0.2) is 53.0 Å². The predicted octanol–water partition coefficient (Wildman–Crippen LogP) is 3.62. The Kier molecular flexibility index (Phi) is 3.74. The zero-order chi connectivity index (χ0) is 15.9. The standard InChI is InChI=1S/C19H19BrN2O/c20-15-8-6-14(7-9-15)10-13-22-17-5-2-1-4-16(17)19(18(22)23)11-3-12-21-19/h1-2,4-9,21H,3,10-13H2. The van der Waals surface area contributed by atoms with E-state index in [0.29, 0.717) is 0 Å². The van der Waals surface area contributed by atoms with E-state index in [0.717, 1.165) is 48.1 Å². The summed E-state index contributed by atoms with van der Waals surface area (Å²) in [5.74, 6) is 0.216. The molecule has 3 nitrogen and oxygen atoms in total. The number of amides is 1. The molecule has 1 unspecified atom stereocenters. The predicted molar refractivity (Wildman–Crippen MR) is 95.6 cm³/mol. The van der Waals surface area contributed by atoms with Crippen molar-refractivity contribution in [2.75, 3.05) is 18.0 Å². The first-order valence-electron chi connectivity index (χ1n) is 8.12. The molecule has 1 N–H and O–H groups in total. The highest BCUT2D eigenvalue weighted by atomic mass is 79.9. The lowest BCUT2D eigenvalue weighted by atomic mass is 9.90. The van der Waals surface area contributed by atoms with Crippen LogP contribution in [0, 0.1) is 0 Å². The van der Waals surface area contributed by atoms with Crippen LogP contribution in [0.5, 0.6) is 0 Å². The normalized spacial score (nSPS) is 22.8. The summed E-state index contributed by atoms with van der Waals surface area (Å²) in [6.45, 7) is 1.64. The van der Waals surface area contributed by atoms with Gasteiger partial charge >= 0.3 is 0 Å². The third-order valence-electron chi connectivity index (χ3n) is 4.96. The molecule has 1 fully saturated rings. The summed E-state index contributed by atoms with van der Waals surface area (Å²) in [5, 5.41) is 3.48. The van der Waals surface area contributed by atoms with Crippen LogP contribution in [0.25, 0.3) is 0 Å². The van der Waals surface area contributed by atoms with Crippen LogP contribution >= 0.6 is 15.9 Å². The molecule has 0 radical (unpaired) electrons. The molecule has 1 atom stereocenters. The molecule has 118 valence electrons. The van der Waals surface area contributed by atoms with Crippen LogP contribution < -0.4 is 10.2 Å². The van der Waals surface area contributed by atoms with Crippen molar-refractivity contribution >= 4 is 27.5 Å². The summed E-state index contributed by atoms with van der Waals surface area (Å²) in [4.78, 5) is 15.1. The number of anilines is 1. The first kappa shape index (κ1) is 14.9. The van der Waals surface area contributed by atoms with Crippen molar-refractivity contribution < 1.29 is 4.79 Å². The highest BCUT2D eigenvalue weighted by Gasteiger charge is 2.51. The zero-order valence-electron chi connectivity index (χ0n) is 12.9. The molecule has 2 aliphatic rings. The van der Waals surface area contributed by atoms with Gasteiger partial charge in [-0.3, -0.25) is 10.1 Å². The van der Waals surface area contributed by atoms with E-state index in [1.165, 1.54) is 5.56 Å². The van der Waals surface area contributed by atoms with Crippen molar-refractivity contribution in [2.24, 2.45) is 0 Å². The number of benzene rings is 2. The van der Waals surface area contributed by atoms with E-state index in [2.05, 4.69) is 57.6 Å². The monoisotopic (exact) mass is 370 g/mol. The summed E-state index contributed by atoms with van der Waals surface area (Å²) >= 11 is 3.46. The minimum atomic E-state index is -0.476. The maximum atomic E-state index is 13.1. The van der Waals surface area contributed by atoms with E-state index < -0.39 is 5.54 Å². The molecular formula is C19H19BrN2O. The molecule has 1 spiro atoms. The van der Waals surface area contributed by atoms with E-state index in [-0.39, 0.29) is 5.91 Å². The molecule has 1 saturated heterocycles. The highest BCUT2D eigenvalue weighted by molar-refractivity contribution is 9.10. The third-order valence-corrected chi connectivity index (χ3v) is 5.49. The van der Waals surface area contributed by atoms with E-state index in [4.69, 9.17) is 0 Å². The Morgan fingerprint density at radius 1 is 1.13 bits per heavy atom. The first-order chi connectivity index (χ1) is 11.2. The van der Waals surface area contributed by atoms with Gasteiger partial charge in [0, 0.05) is 22.3 Å². The van der Waals surface area contributed by atoms with Crippen LogP contribution in [-0.2, 0) is 16.8 Å². The number of carbonyl (C=O) groups is 1. The summed E-state index contributed by atoms with van der Waals surface area (Å²) in [6.07, 6.45) is 2.82. The van der Waals surface area contributed by atoms with Gasteiger partial charge in [0.2, 0.25) is 0 Å². The molecule has 0 aliphatic carbocycles. The van der Waals surface area contributed by atoms with Crippen LogP contribution in [0.2, 0.25) is 0 Å². The van der Waals surface area contributed by atoms with Crippen molar-refractivity contribution in [3.63, 3.8) is 0 Å². The van der Waals surface area contributed by atoms with Gasteiger partial charge in [-0.25, -0.2) is 0 Å². The Morgan fingerprint density at radius 2 is 1.91 bits per heavy atom. The average Bonchev–Trinajstić information content (AvgIpc) is 3.15. The number of halogens is 1. The second kappa shape index (κ2) is 5.77. The molecular weight excluding hydrogens is 352 g/mol. The molecule has 23 heavy (non-hydrogen) atoms. The number of hydrogen-bond donors (Lipinski definition) is 1. The Balaban J connectivity index is 1.61. The number of carbonyl (C=O) groups excluding carboxylic acids is 1. The van der Waals surface area contributed by atoms with Gasteiger partial charge in [-0.05, 0) is 49.6 Å². The molecule has 2 aliphatic heterocycles. The minimum absolute atomic E-state index is 0.216. The van der Waals surface area contributed by atoms with Gasteiger partial charge in [0.05, 0.1) is 0 Å². The molecule has 0 saturated carbocycles. The van der Waals surface area contributed by atoms with Crippen molar-refractivity contribution in [1.29, 1.82) is 0 Å². The molecule has 1 amide bonds. The number of hydrogen-bond acceptors (Lipinski definition) is 2. The zero-order valence-corrected chi connectivity index (χ0v) is 14.5. The smallest absolute Gasteiger partial charge is 0.251 e. The summed E-state index contributed by atoms with van der Waals surface area (Å²) in [7, 11) is 0. The van der Waals surface area contributed by atoms with Gasteiger partial charge in [-0.15, -0.1) is 0 Å². The SMILES string of the molecule is O=C1N(CCc2ccc(Br)cc2)c2ccccc2C12CCCN2. The largest absolute Gasteiger partial charge is 0.310 e. The topological polar surface area (TPSA) is 32.3 Å². The number of nitrogens with zero attached hydrogens (tertiary/aromatic N) is 1. The highest BCUT2D eigenvalue weighted by Crippen LogP contribution is 2.44. The van der Waals surface area contributed by atoms with Gasteiger partial charge in [0.25, 0.3) is 5.91 Å². The Morgan fingerprint density at radius 3 is 2.65 bits per heavy atom. The molecule has 4 heteroatoms. The second-order valence-electron chi connectivity index (χ2n) is 6.29. The van der Waals surface area contributed by atoms with Crippen LogP contribution in [0.1, 0.15) is 24.0 Å². The quantitative estimate of drug-likeness (QED) is 0.894. The van der Waals surface area contributed by atoms with Gasteiger partial charge in [0.1, 0.15) is 5.54 Å². The summed E-state index contributed by atoms with van der Waals surface area (Å²) < 4.78 is 1.08. The van der Waals surface area contributed by atoms with Gasteiger partial charge < -0.3 is 4.90 Å². The van der Waals surface area contributed by atoms with Crippen LogP contribution in [0.4, 0.5) is 5.69 Å². The van der Waals surface area contributed by atoms with E-state index in [1.807, 2.05) is 17.0 Å². The second-order valence-corrected chi connectivity index (χ2v) is 7.20. The van der Waals surface area contributed by atoms with Gasteiger partial charge in [-0.1, -0.05) is 46.3 Å². The maximum absolute atomic E-state index is 13.1. The lowest BCUT2D eigenvalue weighted by Crippen LogP contribution is -2.47. The van der Waals surface area contributed by atoms with Gasteiger partial charge in [0.15, 0.2) is 0 Å². The molecule has 2 aromatic carbocycles. The number of para-hydroxylation sites is 1. The molecule has 0 aromatic heterocycles. The molecule has 0 bridgehead atoms. The fourth-order valence-electron chi connectivity index (χ4n) is 3.80. The van der Waals surface area contributed by atoms with Gasteiger partial charge in [-0.2, -0.15) is 0 Å². The number of nitrogens with one attached hydrogen (secondary N) is 1. The Bertz CT molecular complexity index is 735. The molecule has 2 aromatic rings.